The fourth-order valence-corrected chi connectivity index (χ4v) is 2.86. The number of benzene rings is 1. The lowest BCUT2D eigenvalue weighted by Crippen LogP contribution is -2.69. The first-order chi connectivity index (χ1) is 9.23. The van der Waals surface area contributed by atoms with Gasteiger partial charge in [-0.1, -0.05) is 0 Å². The van der Waals surface area contributed by atoms with Gasteiger partial charge in [0.05, 0.1) is 18.8 Å². The van der Waals surface area contributed by atoms with Crippen molar-refractivity contribution in [2.24, 2.45) is 5.73 Å². The molecule has 0 spiro atoms. The molecule has 0 radical (unpaired) electrons. The third kappa shape index (κ3) is 2.33. The van der Waals surface area contributed by atoms with Crippen LogP contribution in [0.3, 0.4) is 0 Å². The fraction of sp³-hybridized carbons (Fsp3) is 0.571. The summed E-state index contributed by atoms with van der Waals surface area (Å²) in [4.78, 5) is 4.73. The van der Waals surface area contributed by atoms with Gasteiger partial charge in [0.15, 0.2) is 0 Å². The van der Waals surface area contributed by atoms with E-state index in [0.29, 0.717) is 6.54 Å². The van der Waals surface area contributed by atoms with Crippen LogP contribution in [0.5, 0.6) is 0 Å². The maximum atomic E-state index is 12.9. The lowest BCUT2D eigenvalue weighted by Gasteiger charge is -2.52. The van der Waals surface area contributed by atoms with E-state index in [1.165, 1.54) is 12.1 Å². The van der Waals surface area contributed by atoms with Gasteiger partial charge in [-0.3, -0.25) is 4.90 Å². The van der Waals surface area contributed by atoms with Gasteiger partial charge < -0.3 is 15.4 Å². The van der Waals surface area contributed by atoms with Gasteiger partial charge >= 0.3 is 0 Å². The van der Waals surface area contributed by atoms with Crippen LogP contribution in [0.4, 0.5) is 10.1 Å². The fourth-order valence-electron chi connectivity index (χ4n) is 2.86. The molecule has 1 aromatic rings. The number of nitrogens with zero attached hydrogens (tertiary/aromatic N) is 2. The van der Waals surface area contributed by atoms with Crippen LogP contribution >= 0.6 is 0 Å². The van der Waals surface area contributed by atoms with Gasteiger partial charge in [-0.15, -0.1) is 0 Å². The number of ether oxygens (including phenoxy) is 1. The van der Waals surface area contributed by atoms with Gasteiger partial charge in [-0.25, -0.2) is 4.39 Å². The highest BCUT2D eigenvalue weighted by atomic mass is 19.1. The number of rotatable bonds is 3. The van der Waals surface area contributed by atoms with Gasteiger partial charge in [-0.2, -0.15) is 0 Å². The highest BCUT2D eigenvalue weighted by Crippen LogP contribution is 2.26. The summed E-state index contributed by atoms with van der Waals surface area (Å²) in [6.07, 6.45) is 0. The largest absolute Gasteiger partial charge is 0.377 e. The number of nitrogens with two attached hydrogens (primary N) is 1. The Bertz CT molecular complexity index is 419. The number of piperazine rings is 1. The van der Waals surface area contributed by atoms with Gasteiger partial charge in [-0.05, 0) is 24.3 Å². The first kappa shape index (κ1) is 12.8. The van der Waals surface area contributed by atoms with E-state index in [2.05, 4.69) is 9.80 Å². The van der Waals surface area contributed by atoms with Crippen LogP contribution in [0.2, 0.25) is 0 Å². The zero-order valence-corrected chi connectivity index (χ0v) is 11.0. The molecule has 19 heavy (non-hydrogen) atoms. The summed E-state index contributed by atoms with van der Waals surface area (Å²) in [5, 5.41) is 0. The second-order valence-corrected chi connectivity index (χ2v) is 5.37. The third-order valence-electron chi connectivity index (χ3n) is 4.26. The van der Waals surface area contributed by atoms with E-state index >= 15 is 0 Å². The molecule has 0 amide bonds. The Labute approximate surface area is 112 Å². The number of anilines is 1. The van der Waals surface area contributed by atoms with Crippen LogP contribution in [0.15, 0.2) is 24.3 Å². The Morgan fingerprint density at radius 2 is 1.74 bits per heavy atom. The zero-order chi connectivity index (χ0) is 13.3. The molecule has 0 bridgehead atoms. The van der Waals surface area contributed by atoms with E-state index in [0.717, 1.165) is 45.1 Å². The highest BCUT2D eigenvalue weighted by molar-refractivity contribution is 5.46. The number of hydrogen-bond donors (Lipinski definition) is 1. The topological polar surface area (TPSA) is 41.7 Å². The van der Waals surface area contributed by atoms with Gasteiger partial charge in [0.2, 0.25) is 0 Å². The average molecular weight is 265 g/mol. The summed E-state index contributed by atoms with van der Waals surface area (Å²) in [6, 6.07) is 6.72. The standard InChI is InChI=1S/C14H20FN3O/c15-12-1-3-13(4-2-12)17-5-7-18(8-6-17)14(9-16)10-19-11-14/h1-4H,5-11,16H2. The highest BCUT2D eigenvalue weighted by Gasteiger charge is 2.43. The van der Waals surface area contributed by atoms with E-state index in [1.807, 2.05) is 12.1 Å². The minimum absolute atomic E-state index is 0.0644. The summed E-state index contributed by atoms with van der Waals surface area (Å²) < 4.78 is 18.2. The maximum Gasteiger partial charge on any atom is 0.123 e. The summed E-state index contributed by atoms with van der Waals surface area (Å²) in [7, 11) is 0. The molecule has 2 fully saturated rings. The maximum absolute atomic E-state index is 12.9. The Kier molecular flexibility index (Phi) is 3.43. The molecular formula is C14H20FN3O. The molecule has 0 saturated carbocycles. The summed E-state index contributed by atoms with van der Waals surface area (Å²) >= 11 is 0. The summed E-state index contributed by atoms with van der Waals surface area (Å²) in [5.74, 6) is -0.184. The molecule has 2 aliphatic heterocycles. The lowest BCUT2D eigenvalue weighted by molar-refractivity contribution is -0.136. The first-order valence-electron chi connectivity index (χ1n) is 6.77. The predicted molar refractivity (Wildman–Crippen MR) is 72.8 cm³/mol. The lowest BCUT2D eigenvalue weighted by atomic mass is 9.94. The molecule has 104 valence electrons. The van der Waals surface area contributed by atoms with Crippen molar-refractivity contribution in [3.63, 3.8) is 0 Å². The molecule has 2 aliphatic rings. The molecule has 0 unspecified atom stereocenters. The summed E-state index contributed by atoms with van der Waals surface area (Å²) in [6.45, 7) is 6.03. The van der Waals surface area contributed by atoms with E-state index < -0.39 is 0 Å². The third-order valence-corrected chi connectivity index (χ3v) is 4.26. The van der Waals surface area contributed by atoms with Crippen molar-refractivity contribution >= 4 is 5.69 Å². The molecule has 3 rings (SSSR count). The SMILES string of the molecule is NCC1(N2CCN(c3ccc(F)cc3)CC2)COC1. The van der Waals surface area contributed by atoms with Gasteiger partial charge in [0.1, 0.15) is 5.82 Å². The van der Waals surface area contributed by atoms with Crippen LogP contribution in [0.25, 0.3) is 0 Å². The molecule has 1 aromatic carbocycles. The second-order valence-electron chi connectivity index (χ2n) is 5.37. The first-order valence-corrected chi connectivity index (χ1v) is 6.77. The number of hydrogen-bond acceptors (Lipinski definition) is 4. The zero-order valence-electron chi connectivity index (χ0n) is 11.0. The Balaban J connectivity index is 1.61. The van der Waals surface area contributed by atoms with Crippen molar-refractivity contribution in [3.05, 3.63) is 30.1 Å². The quantitative estimate of drug-likeness (QED) is 0.872. The molecular weight excluding hydrogens is 245 g/mol. The molecule has 2 N–H and O–H groups in total. The molecule has 2 saturated heterocycles. The summed E-state index contributed by atoms with van der Waals surface area (Å²) in [5.41, 5.74) is 7.04. The monoisotopic (exact) mass is 265 g/mol. The Morgan fingerprint density at radius 3 is 2.21 bits per heavy atom. The van der Waals surface area contributed by atoms with Crippen LogP contribution in [0.1, 0.15) is 0 Å². The minimum atomic E-state index is -0.184. The molecule has 4 nitrogen and oxygen atoms in total. The molecule has 0 atom stereocenters. The van der Waals surface area contributed by atoms with Crippen molar-refractivity contribution in [3.8, 4) is 0 Å². The van der Waals surface area contributed by atoms with Crippen molar-refractivity contribution < 1.29 is 9.13 Å². The van der Waals surface area contributed by atoms with E-state index in [-0.39, 0.29) is 11.4 Å². The molecule has 0 aliphatic carbocycles. The molecule has 5 heteroatoms. The van der Waals surface area contributed by atoms with Crippen molar-refractivity contribution in [1.82, 2.24) is 4.90 Å². The van der Waals surface area contributed by atoms with E-state index in [4.69, 9.17) is 10.5 Å². The van der Waals surface area contributed by atoms with Crippen molar-refractivity contribution in [2.75, 3.05) is 50.8 Å². The van der Waals surface area contributed by atoms with E-state index in [9.17, 15) is 4.39 Å². The van der Waals surface area contributed by atoms with Gasteiger partial charge in [0, 0.05) is 38.4 Å². The Hall–Kier alpha value is -1.17. The normalized spacial score (nSPS) is 23.2. The van der Waals surface area contributed by atoms with Crippen LogP contribution in [0, 0.1) is 5.82 Å². The molecule has 2 heterocycles. The van der Waals surface area contributed by atoms with Crippen LogP contribution in [-0.4, -0.2) is 56.4 Å². The average Bonchev–Trinajstić information content (AvgIpc) is 2.40. The Morgan fingerprint density at radius 1 is 1.11 bits per heavy atom. The number of halogens is 1. The van der Waals surface area contributed by atoms with Crippen molar-refractivity contribution in [1.29, 1.82) is 0 Å². The minimum Gasteiger partial charge on any atom is -0.377 e. The van der Waals surface area contributed by atoms with Gasteiger partial charge in [0.25, 0.3) is 0 Å². The van der Waals surface area contributed by atoms with Crippen LogP contribution < -0.4 is 10.6 Å². The van der Waals surface area contributed by atoms with E-state index in [1.54, 1.807) is 0 Å². The van der Waals surface area contributed by atoms with Crippen molar-refractivity contribution in [2.45, 2.75) is 5.54 Å². The van der Waals surface area contributed by atoms with Crippen LogP contribution in [-0.2, 0) is 4.74 Å². The second kappa shape index (κ2) is 5.07. The predicted octanol–water partition coefficient (Wildman–Crippen LogP) is 0.675. The smallest absolute Gasteiger partial charge is 0.123 e. The molecule has 0 aromatic heterocycles.